The highest BCUT2D eigenvalue weighted by molar-refractivity contribution is 5.95. The molecule has 128 valence electrons. The Labute approximate surface area is 141 Å². The zero-order valence-electron chi connectivity index (χ0n) is 13.9. The van der Waals surface area contributed by atoms with Crippen LogP contribution in [0.1, 0.15) is 59.6 Å². The van der Waals surface area contributed by atoms with Gasteiger partial charge in [0.15, 0.2) is 0 Å². The predicted molar refractivity (Wildman–Crippen MR) is 87.5 cm³/mol. The van der Waals surface area contributed by atoms with Crippen LogP contribution in [0.25, 0.3) is 0 Å². The number of hydrogen-bond donors (Lipinski definition) is 1. The van der Waals surface area contributed by atoms with Crippen molar-refractivity contribution in [3.63, 3.8) is 0 Å². The molecule has 6 heteroatoms. The fourth-order valence-corrected chi connectivity index (χ4v) is 3.65. The van der Waals surface area contributed by atoms with Crippen molar-refractivity contribution in [1.29, 1.82) is 0 Å². The Morgan fingerprint density at radius 2 is 2.25 bits per heavy atom. The molecule has 2 aromatic heterocycles. The Morgan fingerprint density at radius 1 is 1.42 bits per heavy atom. The van der Waals surface area contributed by atoms with E-state index in [2.05, 4.69) is 4.98 Å². The molecule has 1 saturated carbocycles. The molecule has 3 heterocycles. The molecular formula is C18H23N3O3. The van der Waals surface area contributed by atoms with Crippen molar-refractivity contribution in [2.24, 2.45) is 13.0 Å². The van der Waals surface area contributed by atoms with Crippen LogP contribution in [0.3, 0.4) is 0 Å². The number of aliphatic hydroxyl groups excluding tert-OH is 1. The SMILES string of the molecule is Cn1ccnc1[C@H](O)[C@@H]1CCCN(C(=O)c2ccoc2C2CC2)C1. The van der Waals surface area contributed by atoms with Gasteiger partial charge in [-0.2, -0.15) is 0 Å². The van der Waals surface area contributed by atoms with Crippen LogP contribution >= 0.6 is 0 Å². The Hall–Kier alpha value is -2.08. The minimum Gasteiger partial charge on any atom is -0.468 e. The van der Waals surface area contributed by atoms with Crippen molar-refractivity contribution in [1.82, 2.24) is 14.5 Å². The number of aryl methyl sites for hydroxylation is 1. The second kappa shape index (κ2) is 6.09. The van der Waals surface area contributed by atoms with E-state index in [1.165, 1.54) is 0 Å². The third-order valence-corrected chi connectivity index (χ3v) is 5.19. The minimum atomic E-state index is -0.646. The predicted octanol–water partition coefficient (Wildman–Crippen LogP) is 2.48. The molecule has 1 aliphatic heterocycles. The average Bonchev–Trinajstić information content (AvgIpc) is 3.17. The van der Waals surface area contributed by atoms with Crippen LogP contribution in [0.15, 0.2) is 29.1 Å². The lowest BCUT2D eigenvalue weighted by molar-refractivity contribution is 0.0357. The van der Waals surface area contributed by atoms with E-state index in [4.69, 9.17) is 4.42 Å². The van der Waals surface area contributed by atoms with Gasteiger partial charge in [0.2, 0.25) is 0 Å². The summed E-state index contributed by atoms with van der Waals surface area (Å²) in [5, 5.41) is 10.7. The lowest BCUT2D eigenvalue weighted by atomic mass is 9.91. The van der Waals surface area contributed by atoms with E-state index in [9.17, 15) is 9.90 Å². The van der Waals surface area contributed by atoms with Crippen molar-refractivity contribution < 1.29 is 14.3 Å². The molecule has 0 aromatic carbocycles. The van der Waals surface area contributed by atoms with E-state index in [1.54, 1.807) is 18.5 Å². The number of carbonyl (C=O) groups is 1. The second-order valence-electron chi connectivity index (χ2n) is 6.97. The topological polar surface area (TPSA) is 71.5 Å². The number of amides is 1. The maximum atomic E-state index is 12.9. The maximum absolute atomic E-state index is 12.9. The third-order valence-electron chi connectivity index (χ3n) is 5.19. The number of aromatic nitrogens is 2. The van der Waals surface area contributed by atoms with Gasteiger partial charge in [-0.25, -0.2) is 4.98 Å². The molecule has 4 rings (SSSR count). The zero-order chi connectivity index (χ0) is 16.7. The summed E-state index contributed by atoms with van der Waals surface area (Å²) in [6.07, 6.45) is 8.50. The molecule has 1 N–H and O–H groups in total. The lowest BCUT2D eigenvalue weighted by Crippen LogP contribution is -2.42. The van der Waals surface area contributed by atoms with Gasteiger partial charge in [0.1, 0.15) is 17.7 Å². The molecule has 1 amide bonds. The Kier molecular flexibility index (Phi) is 3.92. The van der Waals surface area contributed by atoms with Gasteiger partial charge in [0.25, 0.3) is 5.91 Å². The summed E-state index contributed by atoms with van der Waals surface area (Å²) in [5.41, 5.74) is 0.699. The molecule has 0 spiro atoms. The largest absolute Gasteiger partial charge is 0.468 e. The van der Waals surface area contributed by atoms with Crippen LogP contribution in [0.4, 0.5) is 0 Å². The molecule has 1 aliphatic carbocycles. The highest BCUT2D eigenvalue weighted by Crippen LogP contribution is 2.42. The number of imidazole rings is 1. The minimum absolute atomic E-state index is 0.0140. The number of nitrogens with zero attached hydrogens (tertiary/aromatic N) is 3. The number of aliphatic hydroxyl groups is 1. The Bertz CT molecular complexity index is 731. The summed E-state index contributed by atoms with van der Waals surface area (Å²) < 4.78 is 7.38. The van der Waals surface area contributed by atoms with Gasteiger partial charge < -0.3 is 19.0 Å². The van der Waals surface area contributed by atoms with Crippen LogP contribution in [-0.4, -0.2) is 38.6 Å². The molecule has 0 bridgehead atoms. The van der Waals surface area contributed by atoms with E-state index in [1.807, 2.05) is 22.7 Å². The summed E-state index contributed by atoms with van der Waals surface area (Å²) in [6, 6.07) is 1.79. The molecule has 24 heavy (non-hydrogen) atoms. The van der Waals surface area contributed by atoms with Crippen molar-refractivity contribution in [3.8, 4) is 0 Å². The number of likely N-dealkylation sites (tertiary alicyclic amines) is 1. The van der Waals surface area contributed by atoms with Crippen molar-refractivity contribution in [2.75, 3.05) is 13.1 Å². The molecule has 0 radical (unpaired) electrons. The summed E-state index contributed by atoms with van der Waals surface area (Å²) >= 11 is 0. The van der Waals surface area contributed by atoms with Gasteiger partial charge in [-0.3, -0.25) is 4.79 Å². The lowest BCUT2D eigenvalue weighted by Gasteiger charge is -2.34. The Morgan fingerprint density at radius 3 is 2.96 bits per heavy atom. The van der Waals surface area contributed by atoms with Gasteiger partial charge in [0, 0.05) is 44.4 Å². The highest BCUT2D eigenvalue weighted by Gasteiger charge is 2.35. The van der Waals surface area contributed by atoms with Crippen LogP contribution in [-0.2, 0) is 7.05 Å². The molecule has 2 atom stereocenters. The fourth-order valence-electron chi connectivity index (χ4n) is 3.65. The number of furan rings is 1. The van der Waals surface area contributed by atoms with Gasteiger partial charge in [-0.15, -0.1) is 0 Å². The van der Waals surface area contributed by atoms with Crippen molar-refractivity contribution in [3.05, 3.63) is 41.9 Å². The first kappa shape index (κ1) is 15.4. The summed E-state index contributed by atoms with van der Waals surface area (Å²) in [5.74, 6) is 1.96. The van der Waals surface area contributed by atoms with Gasteiger partial charge in [-0.05, 0) is 31.7 Å². The smallest absolute Gasteiger partial charge is 0.257 e. The van der Waals surface area contributed by atoms with Crippen LogP contribution in [0.2, 0.25) is 0 Å². The van der Waals surface area contributed by atoms with Gasteiger partial charge >= 0.3 is 0 Å². The quantitative estimate of drug-likeness (QED) is 0.935. The van der Waals surface area contributed by atoms with Crippen LogP contribution in [0, 0.1) is 5.92 Å². The first-order chi connectivity index (χ1) is 11.6. The normalized spacial score (nSPS) is 22.6. The van der Waals surface area contributed by atoms with Gasteiger partial charge in [0.05, 0.1) is 11.8 Å². The van der Waals surface area contributed by atoms with E-state index in [0.717, 1.165) is 38.0 Å². The van der Waals surface area contributed by atoms with Gasteiger partial charge in [-0.1, -0.05) is 0 Å². The molecule has 0 unspecified atom stereocenters. The first-order valence-corrected chi connectivity index (χ1v) is 8.67. The monoisotopic (exact) mass is 329 g/mol. The standard InChI is InChI=1S/C18H23N3O3/c1-20-9-7-19-17(20)15(22)13-3-2-8-21(11-13)18(23)14-6-10-24-16(14)12-4-5-12/h6-7,9-10,12-13,15,22H,2-5,8,11H2,1H3/t13-,15-/m1/s1. The summed E-state index contributed by atoms with van der Waals surface area (Å²) in [6.45, 7) is 1.29. The van der Waals surface area contributed by atoms with E-state index >= 15 is 0 Å². The molecule has 2 fully saturated rings. The Balaban J connectivity index is 1.49. The average molecular weight is 329 g/mol. The van der Waals surface area contributed by atoms with E-state index in [-0.39, 0.29) is 11.8 Å². The fraction of sp³-hybridized carbons (Fsp3) is 0.556. The van der Waals surface area contributed by atoms with Crippen molar-refractivity contribution >= 4 is 5.91 Å². The molecule has 2 aliphatic rings. The maximum Gasteiger partial charge on any atom is 0.257 e. The molecular weight excluding hydrogens is 306 g/mol. The van der Waals surface area contributed by atoms with Crippen LogP contribution in [0.5, 0.6) is 0 Å². The zero-order valence-corrected chi connectivity index (χ0v) is 13.9. The van der Waals surface area contributed by atoms with Crippen LogP contribution < -0.4 is 0 Å². The molecule has 1 saturated heterocycles. The van der Waals surface area contributed by atoms with E-state index in [0.29, 0.717) is 23.9 Å². The molecule has 2 aromatic rings. The third kappa shape index (κ3) is 2.75. The van der Waals surface area contributed by atoms with Crippen molar-refractivity contribution in [2.45, 2.75) is 37.7 Å². The number of piperidine rings is 1. The second-order valence-corrected chi connectivity index (χ2v) is 6.97. The number of rotatable bonds is 4. The number of hydrogen-bond acceptors (Lipinski definition) is 4. The summed E-state index contributed by atoms with van der Waals surface area (Å²) in [7, 11) is 1.88. The molecule has 6 nitrogen and oxygen atoms in total. The highest BCUT2D eigenvalue weighted by atomic mass is 16.3. The number of carbonyl (C=O) groups excluding carboxylic acids is 1. The first-order valence-electron chi connectivity index (χ1n) is 8.67. The van der Waals surface area contributed by atoms with E-state index < -0.39 is 6.10 Å². The summed E-state index contributed by atoms with van der Waals surface area (Å²) in [4.78, 5) is 19.0.